The summed E-state index contributed by atoms with van der Waals surface area (Å²) in [6.07, 6.45) is 0.982. The lowest BCUT2D eigenvalue weighted by molar-refractivity contribution is 0.0757. The van der Waals surface area contributed by atoms with Crippen LogP contribution in [0.15, 0.2) is 34.7 Å². The zero-order chi connectivity index (χ0) is 22.6. The van der Waals surface area contributed by atoms with Crippen LogP contribution < -0.4 is 5.32 Å². The molecule has 0 aliphatic heterocycles. The summed E-state index contributed by atoms with van der Waals surface area (Å²) >= 11 is 0. The van der Waals surface area contributed by atoms with Gasteiger partial charge < -0.3 is 14.5 Å². The van der Waals surface area contributed by atoms with Crippen LogP contribution in [0.4, 0.5) is 0 Å². The second-order valence-electron chi connectivity index (χ2n) is 8.78. The van der Waals surface area contributed by atoms with E-state index in [-0.39, 0.29) is 17.4 Å². The molecule has 2 aromatic heterocycles. The molecule has 0 bridgehead atoms. The van der Waals surface area contributed by atoms with Crippen LogP contribution >= 0.6 is 0 Å². The van der Waals surface area contributed by atoms with E-state index in [1.807, 2.05) is 36.7 Å². The number of aryl methyl sites for hydroxylation is 1. The van der Waals surface area contributed by atoms with Gasteiger partial charge in [-0.2, -0.15) is 5.10 Å². The van der Waals surface area contributed by atoms with Gasteiger partial charge in [-0.1, -0.05) is 20.8 Å². The average Bonchev–Trinajstić information content (AvgIpc) is 3.34. The van der Waals surface area contributed by atoms with E-state index in [0.29, 0.717) is 36.2 Å². The van der Waals surface area contributed by atoms with Crippen molar-refractivity contribution in [1.29, 1.82) is 0 Å². The zero-order valence-electron chi connectivity index (χ0n) is 19.1. The number of amides is 1. The van der Waals surface area contributed by atoms with Crippen LogP contribution in [0.2, 0.25) is 0 Å². The van der Waals surface area contributed by atoms with Crippen molar-refractivity contribution in [2.45, 2.75) is 59.5 Å². The fourth-order valence-corrected chi connectivity index (χ4v) is 3.07. The van der Waals surface area contributed by atoms with Gasteiger partial charge in [0.25, 0.3) is 11.8 Å². The number of aromatic nitrogens is 4. The normalized spacial score (nSPS) is 11.8. The van der Waals surface area contributed by atoms with Crippen LogP contribution in [0.1, 0.15) is 63.0 Å². The summed E-state index contributed by atoms with van der Waals surface area (Å²) in [5.74, 6) is 0.779. The second kappa shape index (κ2) is 9.43. The van der Waals surface area contributed by atoms with Crippen molar-refractivity contribution in [3.8, 4) is 17.3 Å². The third-order valence-corrected chi connectivity index (χ3v) is 4.65. The SMILES string of the molecule is Cc1nnc(-c2cc(C(C)(C)C)n(-c3ccc(C(=O)NCCCOC(C)C)cc3)n2)o1. The summed E-state index contributed by atoms with van der Waals surface area (Å²) in [6.45, 7) is 13.3. The topological polar surface area (TPSA) is 95.1 Å². The molecule has 31 heavy (non-hydrogen) atoms. The number of ether oxygens (including phenoxy) is 1. The first-order valence-corrected chi connectivity index (χ1v) is 10.6. The highest BCUT2D eigenvalue weighted by molar-refractivity contribution is 5.94. The van der Waals surface area contributed by atoms with Crippen molar-refractivity contribution in [3.63, 3.8) is 0 Å². The molecule has 0 aliphatic rings. The Bertz CT molecular complexity index is 1010. The van der Waals surface area contributed by atoms with E-state index in [4.69, 9.17) is 14.3 Å². The second-order valence-corrected chi connectivity index (χ2v) is 8.78. The fourth-order valence-electron chi connectivity index (χ4n) is 3.07. The molecule has 0 saturated carbocycles. The van der Waals surface area contributed by atoms with Gasteiger partial charge in [-0.3, -0.25) is 4.79 Å². The predicted octanol–water partition coefficient (Wildman–Crippen LogP) is 4.07. The molecule has 0 atom stereocenters. The van der Waals surface area contributed by atoms with E-state index < -0.39 is 0 Å². The first-order chi connectivity index (χ1) is 14.6. The molecule has 0 spiro atoms. The molecule has 0 unspecified atom stereocenters. The Morgan fingerprint density at radius 2 is 1.90 bits per heavy atom. The van der Waals surface area contributed by atoms with Gasteiger partial charge in [-0.15, -0.1) is 10.2 Å². The minimum Gasteiger partial charge on any atom is -0.420 e. The smallest absolute Gasteiger partial charge is 0.268 e. The van der Waals surface area contributed by atoms with Crippen molar-refractivity contribution in [1.82, 2.24) is 25.3 Å². The van der Waals surface area contributed by atoms with Gasteiger partial charge in [0.2, 0.25) is 5.89 Å². The zero-order valence-corrected chi connectivity index (χ0v) is 19.1. The van der Waals surface area contributed by atoms with E-state index in [2.05, 4.69) is 36.3 Å². The molecule has 0 aliphatic carbocycles. The van der Waals surface area contributed by atoms with Crippen LogP contribution in [0.25, 0.3) is 17.3 Å². The summed E-state index contributed by atoms with van der Waals surface area (Å²) < 4.78 is 12.9. The first kappa shape index (κ1) is 22.7. The summed E-state index contributed by atoms with van der Waals surface area (Å²) in [5.41, 5.74) is 2.92. The van der Waals surface area contributed by atoms with Crippen LogP contribution in [0.3, 0.4) is 0 Å². The molecule has 3 aromatic rings. The molecule has 0 saturated heterocycles. The first-order valence-electron chi connectivity index (χ1n) is 10.6. The maximum Gasteiger partial charge on any atom is 0.268 e. The van der Waals surface area contributed by atoms with E-state index in [1.54, 1.807) is 19.1 Å². The highest BCUT2D eigenvalue weighted by Gasteiger charge is 2.24. The lowest BCUT2D eigenvalue weighted by Crippen LogP contribution is -2.25. The fraction of sp³-hybridized carbons (Fsp3) is 0.478. The minimum atomic E-state index is -0.158. The number of carbonyl (C=O) groups is 1. The van der Waals surface area contributed by atoms with Crippen molar-refractivity contribution in [3.05, 3.63) is 47.5 Å². The van der Waals surface area contributed by atoms with Gasteiger partial charge in [0.15, 0.2) is 0 Å². The number of hydrogen-bond donors (Lipinski definition) is 1. The molecule has 8 nitrogen and oxygen atoms in total. The Morgan fingerprint density at radius 3 is 2.48 bits per heavy atom. The number of carbonyl (C=O) groups excluding carboxylic acids is 1. The molecule has 3 rings (SSSR count). The highest BCUT2D eigenvalue weighted by Crippen LogP contribution is 2.29. The quantitative estimate of drug-likeness (QED) is 0.547. The molecule has 2 heterocycles. The molecule has 0 fully saturated rings. The Hall–Kier alpha value is -3.00. The molecule has 1 N–H and O–H groups in total. The molecule has 166 valence electrons. The average molecular weight is 426 g/mol. The van der Waals surface area contributed by atoms with Gasteiger partial charge >= 0.3 is 0 Å². The molecular formula is C23H31N5O3. The summed E-state index contributed by atoms with van der Waals surface area (Å²) in [4.78, 5) is 12.4. The van der Waals surface area contributed by atoms with Gasteiger partial charge in [0.1, 0.15) is 5.69 Å². The highest BCUT2D eigenvalue weighted by atomic mass is 16.5. The number of nitrogens with zero attached hydrogens (tertiary/aromatic N) is 4. The van der Waals surface area contributed by atoms with Gasteiger partial charge in [-0.25, -0.2) is 4.68 Å². The summed E-state index contributed by atoms with van der Waals surface area (Å²) in [5, 5.41) is 15.6. The number of nitrogens with one attached hydrogen (secondary N) is 1. The lowest BCUT2D eigenvalue weighted by Gasteiger charge is -2.20. The van der Waals surface area contributed by atoms with E-state index >= 15 is 0 Å². The number of hydrogen-bond acceptors (Lipinski definition) is 6. The number of benzene rings is 1. The predicted molar refractivity (Wildman–Crippen MR) is 118 cm³/mol. The third-order valence-electron chi connectivity index (χ3n) is 4.65. The van der Waals surface area contributed by atoms with E-state index in [1.165, 1.54) is 0 Å². The van der Waals surface area contributed by atoms with Gasteiger partial charge in [-0.05, 0) is 50.6 Å². The Kier molecular flexibility index (Phi) is 6.90. The Morgan fingerprint density at radius 1 is 1.19 bits per heavy atom. The van der Waals surface area contributed by atoms with Crippen molar-refractivity contribution in [2.75, 3.05) is 13.2 Å². The molecule has 1 amide bonds. The summed E-state index contributed by atoms with van der Waals surface area (Å²) in [6, 6.07) is 9.36. The molecule has 0 radical (unpaired) electrons. The molecule has 8 heteroatoms. The van der Waals surface area contributed by atoms with Crippen LogP contribution in [0, 0.1) is 6.92 Å². The van der Waals surface area contributed by atoms with Crippen LogP contribution in [-0.4, -0.2) is 45.1 Å². The Balaban J connectivity index is 1.75. The van der Waals surface area contributed by atoms with Crippen molar-refractivity contribution in [2.24, 2.45) is 0 Å². The van der Waals surface area contributed by atoms with E-state index in [0.717, 1.165) is 17.8 Å². The van der Waals surface area contributed by atoms with Crippen molar-refractivity contribution < 1.29 is 13.9 Å². The lowest BCUT2D eigenvalue weighted by atomic mass is 9.91. The summed E-state index contributed by atoms with van der Waals surface area (Å²) in [7, 11) is 0. The monoisotopic (exact) mass is 425 g/mol. The molecule has 1 aromatic carbocycles. The molecular weight excluding hydrogens is 394 g/mol. The van der Waals surface area contributed by atoms with Crippen LogP contribution in [0.5, 0.6) is 0 Å². The van der Waals surface area contributed by atoms with E-state index in [9.17, 15) is 4.79 Å². The maximum absolute atomic E-state index is 12.4. The third kappa shape index (κ3) is 5.79. The minimum absolute atomic E-state index is 0.102. The number of rotatable bonds is 8. The standard InChI is InChI=1S/C23H31N5O3/c1-15(2)30-13-7-12-24-21(29)17-8-10-18(11-9-17)28-20(23(4,5)6)14-19(27-28)22-26-25-16(3)31-22/h8-11,14-15H,7,12-13H2,1-6H3,(H,24,29). The van der Waals surface area contributed by atoms with Crippen LogP contribution in [-0.2, 0) is 10.2 Å². The largest absolute Gasteiger partial charge is 0.420 e. The Labute approximate surface area is 183 Å². The van der Waals surface area contributed by atoms with Gasteiger partial charge in [0, 0.05) is 31.1 Å². The van der Waals surface area contributed by atoms with Gasteiger partial charge in [0.05, 0.1) is 17.5 Å². The van der Waals surface area contributed by atoms with Crippen molar-refractivity contribution >= 4 is 5.91 Å². The maximum atomic E-state index is 12.4.